The Morgan fingerprint density at radius 2 is 1.74 bits per heavy atom. The lowest BCUT2D eigenvalue weighted by Gasteiger charge is -2.34. The molecule has 186 valence electrons. The molecule has 0 atom stereocenters. The van der Waals surface area contributed by atoms with E-state index in [9.17, 15) is 14.7 Å². The minimum absolute atomic E-state index is 0.00702. The number of aromatic nitrogens is 1. The second-order valence-electron chi connectivity index (χ2n) is 8.48. The Bertz CT molecular complexity index is 1170. The number of amides is 1. The summed E-state index contributed by atoms with van der Waals surface area (Å²) in [6.45, 7) is 6.96. The third-order valence-corrected chi connectivity index (χ3v) is 5.53. The van der Waals surface area contributed by atoms with Crippen molar-refractivity contribution in [3.8, 4) is 17.2 Å². The van der Waals surface area contributed by atoms with Gasteiger partial charge >= 0.3 is 12.1 Å². The van der Waals surface area contributed by atoms with E-state index in [1.54, 1.807) is 55.5 Å². The molecule has 1 N–H and O–H groups in total. The van der Waals surface area contributed by atoms with E-state index in [0.29, 0.717) is 36.0 Å². The molecule has 0 saturated heterocycles. The average Bonchev–Trinajstić information content (AvgIpc) is 3.14. The Hall–Kier alpha value is -4.01. The molecular weight excluding hydrogens is 452 g/mol. The van der Waals surface area contributed by atoms with Gasteiger partial charge in [0.2, 0.25) is 0 Å². The van der Waals surface area contributed by atoms with Gasteiger partial charge in [-0.25, -0.2) is 14.6 Å². The molecule has 3 rings (SSSR count). The summed E-state index contributed by atoms with van der Waals surface area (Å²) in [5.41, 5.74) is 0.00855. The van der Waals surface area contributed by atoms with Gasteiger partial charge in [-0.15, -0.1) is 0 Å². The lowest BCUT2D eigenvalue weighted by Crippen LogP contribution is -2.53. The van der Waals surface area contributed by atoms with Gasteiger partial charge in [-0.05, 0) is 62.7 Å². The summed E-state index contributed by atoms with van der Waals surface area (Å²) in [5, 5.41) is 9.77. The van der Waals surface area contributed by atoms with Gasteiger partial charge in [0.15, 0.2) is 5.89 Å². The van der Waals surface area contributed by atoms with Crippen molar-refractivity contribution in [2.75, 3.05) is 13.7 Å². The number of aryl methyl sites for hydroxylation is 2. The summed E-state index contributed by atoms with van der Waals surface area (Å²) in [7, 11) is 1.53. The van der Waals surface area contributed by atoms with Crippen LogP contribution < -0.4 is 14.2 Å². The lowest BCUT2D eigenvalue weighted by molar-refractivity contribution is -0.148. The van der Waals surface area contributed by atoms with E-state index in [0.717, 1.165) is 11.5 Å². The number of benzene rings is 2. The highest BCUT2D eigenvalue weighted by Crippen LogP contribution is 2.24. The van der Waals surface area contributed by atoms with Crippen molar-refractivity contribution in [1.29, 1.82) is 0 Å². The molecule has 9 nitrogen and oxygen atoms in total. The number of aliphatic carboxylic acids is 1. The molecule has 9 heteroatoms. The van der Waals surface area contributed by atoms with Crippen LogP contribution in [-0.4, -0.2) is 46.3 Å². The summed E-state index contributed by atoms with van der Waals surface area (Å²) < 4.78 is 21.9. The van der Waals surface area contributed by atoms with Gasteiger partial charge in [0.1, 0.15) is 28.5 Å². The fraction of sp³-hybridized carbons (Fsp3) is 0.346. The molecule has 1 heterocycles. The minimum atomic E-state index is -1.53. The Kier molecular flexibility index (Phi) is 8.01. The summed E-state index contributed by atoms with van der Waals surface area (Å²) in [6, 6.07) is 13.6. The standard InChI is InChI=1S/C26H30N2O7/c1-17-23(27-18(2)34-17)13-14-33-22-8-6-7-19(15-22)16-28(26(3,4)24(29)30)25(31)35-21-11-9-20(32-5)10-12-21/h6-12,15H,13-14,16H2,1-5H3,(H,29,30). The van der Waals surface area contributed by atoms with Crippen LogP contribution in [0.15, 0.2) is 52.9 Å². The molecule has 0 saturated carbocycles. The van der Waals surface area contributed by atoms with Crippen LogP contribution in [0.25, 0.3) is 0 Å². The highest BCUT2D eigenvalue weighted by Gasteiger charge is 2.39. The second-order valence-corrected chi connectivity index (χ2v) is 8.48. The molecule has 0 aliphatic heterocycles. The molecule has 0 unspecified atom stereocenters. The van der Waals surface area contributed by atoms with Crippen LogP contribution in [0.2, 0.25) is 0 Å². The largest absolute Gasteiger partial charge is 0.497 e. The van der Waals surface area contributed by atoms with E-state index in [1.807, 2.05) is 6.92 Å². The fourth-order valence-corrected chi connectivity index (χ4v) is 3.39. The van der Waals surface area contributed by atoms with Crippen LogP contribution >= 0.6 is 0 Å². The van der Waals surface area contributed by atoms with Gasteiger partial charge < -0.3 is 23.7 Å². The normalized spacial score (nSPS) is 11.1. The topological polar surface area (TPSA) is 111 Å². The van der Waals surface area contributed by atoms with E-state index < -0.39 is 17.6 Å². The number of carboxylic acid groups (broad SMARTS) is 1. The molecule has 0 aliphatic rings. The van der Waals surface area contributed by atoms with E-state index in [-0.39, 0.29) is 12.3 Å². The summed E-state index contributed by atoms with van der Waals surface area (Å²) >= 11 is 0. The zero-order valence-electron chi connectivity index (χ0n) is 20.5. The number of carboxylic acids is 1. The number of rotatable bonds is 10. The Morgan fingerprint density at radius 1 is 1.06 bits per heavy atom. The predicted molar refractivity (Wildman–Crippen MR) is 128 cm³/mol. The number of ether oxygens (including phenoxy) is 3. The number of carbonyl (C=O) groups is 2. The maximum atomic E-state index is 13.0. The second kappa shape index (κ2) is 10.9. The number of nitrogens with zero attached hydrogens (tertiary/aromatic N) is 2. The van der Waals surface area contributed by atoms with Crippen molar-refractivity contribution in [2.45, 2.75) is 46.2 Å². The van der Waals surface area contributed by atoms with Crippen molar-refractivity contribution in [3.05, 3.63) is 71.4 Å². The zero-order valence-corrected chi connectivity index (χ0v) is 20.5. The molecular formula is C26H30N2O7. The molecule has 1 aromatic heterocycles. The first-order valence-electron chi connectivity index (χ1n) is 11.1. The van der Waals surface area contributed by atoms with Crippen molar-refractivity contribution in [2.24, 2.45) is 0 Å². The van der Waals surface area contributed by atoms with Crippen LogP contribution in [-0.2, 0) is 17.8 Å². The van der Waals surface area contributed by atoms with Crippen LogP contribution in [0.4, 0.5) is 4.79 Å². The number of hydrogen-bond donors (Lipinski definition) is 1. The zero-order chi connectivity index (χ0) is 25.6. The fourth-order valence-electron chi connectivity index (χ4n) is 3.39. The molecule has 3 aromatic rings. The molecule has 0 bridgehead atoms. The van der Waals surface area contributed by atoms with Crippen molar-refractivity contribution in [1.82, 2.24) is 9.88 Å². The van der Waals surface area contributed by atoms with E-state index in [1.165, 1.54) is 25.9 Å². The van der Waals surface area contributed by atoms with Gasteiger partial charge in [-0.1, -0.05) is 12.1 Å². The van der Waals surface area contributed by atoms with Gasteiger partial charge in [0.05, 0.1) is 26.0 Å². The van der Waals surface area contributed by atoms with Crippen molar-refractivity contribution < 1.29 is 33.3 Å². The SMILES string of the molecule is COc1ccc(OC(=O)N(Cc2cccc(OCCc3nc(C)oc3C)c2)C(C)(C)C(=O)O)cc1. The third kappa shape index (κ3) is 6.53. The van der Waals surface area contributed by atoms with Crippen LogP contribution in [0, 0.1) is 13.8 Å². The average molecular weight is 483 g/mol. The quantitative estimate of drug-likeness (QED) is 0.439. The van der Waals surface area contributed by atoms with Gasteiger partial charge in [-0.3, -0.25) is 4.90 Å². The van der Waals surface area contributed by atoms with Crippen molar-refractivity contribution >= 4 is 12.1 Å². The summed E-state index contributed by atoms with van der Waals surface area (Å²) in [6.07, 6.45) is -0.203. The van der Waals surface area contributed by atoms with E-state index in [4.69, 9.17) is 18.6 Å². The molecule has 35 heavy (non-hydrogen) atoms. The molecule has 0 radical (unpaired) electrons. The predicted octanol–water partition coefficient (Wildman–Crippen LogP) is 4.79. The third-order valence-electron chi connectivity index (χ3n) is 5.53. The minimum Gasteiger partial charge on any atom is -0.497 e. The highest BCUT2D eigenvalue weighted by molar-refractivity contribution is 5.84. The Morgan fingerprint density at radius 3 is 2.34 bits per heavy atom. The van der Waals surface area contributed by atoms with Crippen molar-refractivity contribution in [3.63, 3.8) is 0 Å². The Balaban J connectivity index is 1.72. The molecule has 1 amide bonds. The first-order valence-corrected chi connectivity index (χ1v) is 11.1. The maximum Gasteiger partial charge on any atom is 0.416 e. The Labute approximate surface area is 204 Å². The monoisotopic (exact) mass is 482 g/mol. The van der Waals surface area contributed by atoms with Crippen LogP contribution in [0.5, 0.6) is 17.2 Å². The molecule has 0 spiro atoms. The first-order chi connectivity index (χ1) is 16.6. The maximum absolute atomic E-state index is 13.0. The van der Waals surface area contributed by atoms with Gasteiger partial charge in [-0.2, -0.15) is 0 Å². The molecule has 0 fully saturated rings. The lowest BCUT2D eigenvalue weighted by atomic mass is 10.0. The number of carbonyl (C=O) groups excluding carboxylic acids is 1. The van der Waals surface area contributed by atoms with E-state index >= 15 is 0 Å². The smallest absolute Gasteiger partial charge is 0.416 e. The van der Waals surface area contributed by atoms with Crippen LogP contribution in [0.1, 0.15) is 36.8 Å². The highest BCUT2D eigenvalue weighted by atomic mass is 16.6. The number of oxazole rings is 1. The number of methoxy groups -OCH3 is 1. The van der Waals surface area contributed by atoms with Crippen LogP contribution in [0.3, 0.4) is 0 Å². The van der Waals surface area contributed by atoms with Gasteiger partial charge in [0, 0.05) is 13.3 Å². The summed E-state index contributed by atoms with van der Waals surface area (Å²) in [5.74, 6) is 1.70. The molecule has 0 aliphatic carbocycles. The van der Waals surface area contributed by atoms with Gasteiger partial charge in [0.25, 0.3) is 0 Å². The molecule has 2 aromatic carbocycles. The number of hydrogen-bond acceptors (Lipinski definition) is 7. The summed E-state index contributed by atoms with van der Waals surface area (Å²) in [4.78, 5) is 30.5. The van der Waals surface area contributed by atoms with E-state index in [2.05, 4.69) is 4.98 Å². The first kappa shape index (κ1) is 25.6.